The molecule has 0 aliphatic carbocycles. The summed E-state index contributed by atoms with van der Waals surface area (Å²) in [6, 6.07) is 5.33. The molecule has 0 atom stereocenters. The molecule has 0 fully saturated rings. The van der Waals surface area contributed by atoms with E-state index >= 15 is 0 Å². The van der Waals surface area contributed by atoms with Gasteiger partial charge in [0.05, 0.1) is 0 Å². The lowest BCUT2D eigenvalue weighted by atomic mass is 10.1. The molecule has 0 unspecified atom stereocenters. The van der Waals surface area contributed by atoms with Crippen molar-refractivity contribution < 1.29 is 4.39 Å². The Kier molecular flexibility index (Phi) is 3.04. The number of allylic oxidation sites excluding steroid dienone is 1. The van der Waals surface area contributed by atoms with Gasteiger partial charge in [-0.15, -0.1) is 0 Å². The number of halogens is 2. The number of hydrogen-bond donors (Lipinski definition) is 0. The lowest BCUT2D eigenvalue weighted by Crippen LogP contribution is -1.92. The van der Waals surface area contributed by atoms with Gasteiger partial charge in [0, 0.05) is 10.9 Å². The number of rotatable bonds is 2. The first-order chi connectivity index (χ1) is 5.66. The smallest absolute Gasteiger partial charge is 0.133 e. The Bertz CT molecular complexity index is 305. The van der Waals surface area contributed by atoms with Crippen molar-refractivity contribution in [3.05, 3.63) is 41.7 Å². The van der Waals surface area contributed by atoms with Crippen LogP contribution >= 0.6 is 15.9 Å². The fourth-order valence-electron chi connectivity index (χ4n) is 0.992. The predicted octanol–water partition coefficient (Wildman–Crippen LogP) is 3.54. The van der Waals surface area contributed by atoms with Crippen LogP contribution in [0.5, 0.6) is 0 Å². The van der Waals surface area contributed by atoms with E-state index in [0.717, 1.165) is 5.57 Å². The maximum Gasteiger partial charge on any atom is 0.133 e. The highest BCUT2D eigenvalue weighted by Crippen LogP contribution is 2.20. The topological polar surface area (TPSA) is 0 Å². The average molecular weight is 229 g/mol. The number of alkyl halides is 1. The summed E-state index contributed by atoms with van der Waals surface area (Å²) in [5.41, 5.74) is 2.04. The molecule has 1 aromatic carbocycles. The van der Waals surface area contributed by atoms with Gasteiger partial charge in [-0.05, 0) is 18.1 Å². The summed E-state index contributed by atoms with van der Waals surface area (Å²) in [6.45, 7) is 5.51. The normalized spacial score (nSPS) is 9.92. The van der Waals surface area contributed by atoms with Crippen LogP contribution < -0.4 is 0 Å². The third-order valence-corrected chi connectivity index (χ3v) is 2.41. The number of aryl methyl sites for hydroxylation is 1. The Balaban J connectivity index is 3.16. The van der Waals surface area contributed by atoms with Crippen molar-refractivity contribution in [1.29, 1.82) is 0 Å². The molecule has 1 rings (SSSR count). The van der Waals surface area contributed by atoms with Crippen molar-refractivity contribution in [3.8, 4) is 0 Å². The third kappa shape index (κ3) is 1.75. The van der Waals surface area contributed by atoms with Gasteiger partial charge in [-0.1, -0.05) is 40.7 Å². The molecule has 0 radical (unpaired) electrons. The minimum Gasteiger partial charge on any atom is -0.206 e. The molecular weight excluding hydrogens is 219 g/mol. The van der Waals surface area contributed by atoms with Gasteiger partial charge in [0.25, 0.3) is 0 Å². The summed E-state index contributed by atoms with van der Waals surface area (Å²) in [4.78, 5) is 0. The molecule has 0 amide bonds. The van der Waals surface area contributed by atoms with Crippen LogP contribution in [-0.2, 0) is 0 Å². The van der Waals surface area contributed by atoms with Crippen molar-refractivity contribution in [2.24, 2.45) is 0 Å². The minimum absolute atomic E-state index is 0.165. The van der Waals surface area contributed by atoms with Gasteiger partial charge in [0.2, 0.25) is 0 Å². The fourth-order valence-corrected chi connectivity index (χ4v) is 1.29. The Morgan fingerprint density at radius 3 is 2.83 bits per heavy atom. The van der Waals surface area contributed by atoms with Gasteiger partial charge in [-0.2, -0.15) is 0 Å². The largest absolute Gasteiger partial charge is 0.206 e. The molecule has 0 aliphatic heterocycles. The molecule has 0 aliphatic rings. The molecule has 0 saturated carbocycles. The average Bonchev–Trinajstić information content (AvgIpc) is 2.08. The molecule has 0 aromatic heterocycles. The van der Waals surface area contributed by atoms with Crippen LogP contribution in [0.15, 0.2) is 24.8 Å². The van der Waals surface area contributed by atoms with Gasteiger partial charge in [-0.3, -0.25) is 0 Å². The van der Waals surface area contributed by atoms with Crippen molar-refractivity contribution in [3.63, 3.8) is 0 Å². The van der Waals surface area contributed by atoms with Crippen molar-refractivity contribution in [2.75, 3.05) is 5.33 Å². The summed E-state index contributed by atoms with van der Waals surface area (Å²) in [5.74, 6) is -0.165. The fraction of sp³-hybridized carbons (Fsp3) is 0.200. The van der Waals surface area contributed by atoms with E-state index in [2.05, 4.69) is 22.5 Å². The highest BCUT2D eigenvalue weighted by molar-refractivity contribution is 9.09. The monoisotopic (exact) mass is 228 g/mol. The maximum absolute atomic E-state index is 13.4. The predicted molar refractivity (Wildman–Crippen MR) is 54.0 cm³/mol. The summed E-state index contributed by atoms with van der Waals surface area (Å²) >= 11 is 3.24. The van der Waals surface area contributed by atoms with Gasteiger partial charge in [-0.25, -0.2) is 4.39 Å². The van der Waals surface area contributed by atoms with Crippen molar-refractivity contribution in [2.45, 2.75) is 6.92 Å². The molecule has 0 saturated heterocycles. The SMILES string of the molecule is C=C(CBr)c1cccc(C)c1F. The molecule has 0 heterocycles. The Hall–Kier alpha value is -0.630. The second-order valence-corrected chi connectivity index (χ2v) is 3.23. The molecule has 0 bridgehead atoms. The zero-order chi connectivity index (χ0) is 9.14. The van der Waals surface area contributed by atoms with Crippen molar-refractivity contribution in [1.82, 2.24) is 0 Å². The minimum atomic E-state index is -0.165. The van der Waals surface area contributed by atoms with Crippen LogP contribution in [-0.4, -0.2) is 5.33 Å². The maximum atomic E-state index is 13.4. The summed E-state index contributed by atoms with van der Waals surface area (Å²) in [6.07, 6.45) is 0. The molecule has 0 N–H and O–H groups in total. The summed E-state index contributed by atoms with van der Waals surface area (Å²) in [7, 11) is 0. The Labute approximate surface area is 80.2 Å². The first-order valence-electron chi connectivity index (χ1n) is 3.66. The van der Waals surface area contributed by atoms with Crippen LogP contribution in [0.3, 0.4) is 0 Å². The van der Waals surface area contributed by atoms with Crippen LogP contribution in [0.4, 0.5) is 4.39 Å². The Morgan fingerprint density at radius 1 is 1.58 bits per heavy atom. The Morgan fingerprint density at radius 2 is 2.25 bits per heavy atom. The second-order valence-electron chi connectivity index (χ2n) is 2.67. The standard InChI is InChI=1S/C10H10BrF/c1-7-4-3-5-9(10(7)12)8(2)6-11/h3-5H,2,6H2,1H3. The van der Waals surface area contributed by atoms with E-state index in [9.17, 15) is 4.39 Å². The van der Waals surface area contributed by atoms with E-state index in [0.29, 0.717) is 16.5 Å². The molecule has 0 nitrogen and oxygen atoms in total. The van der Waals surface area contributed by atoms with Crippen LogP contribution in [0.1, 0.15) is 11.1 Å². The van der Waals surface area contributed by atoms with Crippen LogP contribution in [0, 0.1) is 12.7 Å². The van der Waals surface area contributed by atoms with E-state index in [-0.39, 0.29) is 5.82 Å². The molecule has 0 spiro atoms. The number of benzene rings is 1. The molecule has 64 valence electrons. The highest BCUT2D eigenvalue weighted by atomic mass is 79.9. The zero-order valence-electron chi connectivity index (χ0n) is 6.90. The first kappa shape index (κ1) is 9.46. The molecule has 12 heavy (non-hydrogen) atoms. The van der Waals surface area contributed by atoms with Gasteiger partial charge in [0.15, 0.2) is 0 Å². The summed E-state index contributed by atoms with van der Waals surface area (Å²) in [5, 5.41) is 0.605. The van der Waals surface area contributed by atoms with Crippen molar-refractivity contribution >= 4 is 21.5 Å². The van der Waals surface area contributed by atoms with E-state index < -0.39 is 0 Å². The van der Waals surface area contributed by atoms with E-state index in [4.69, 9.17) is 0 Å². The highest BCUT2D eigenvalue weighted by Gasteiger charge is 2.05. The lowest BCUT2D eigenvalue weighted by molar-refractivity contribution is 0.615. The van der Waals surface area contributed by atoms with Crippen LogP contribution in [0.25, 0.3) is 5.57 Å². The summed E-state index contributed by atoms with van der Waals surface area (Å²) < 4.78 is 13.4. The third-order valence-electron chi connectivity index (χ3n) is 1.73. The van der Waals surface area contributed by atoms with E-state index in [1.54, 1.807) is 19.1 Å². The quantitative estimate of drug-likeness (QED) is 0.680. The zero-order valence-corrected chi connectivity index (χ0v) is 8.49. The second kappa shape index (κ2) is 3.85. The van der Waals surface area contributed by atoms with E-state index in [1.807, 2.05) is 6.07 Å². The van der Waals surface area contributed by atoms with Crippen LogP contribution in [0.2, 0.25) is 0 Å². The molecular formula is C10H10BrF. The molecule has 1 aromatic rings. The van der Waals surface area contributed by atoms with Gasteiger partial charge >= 0.3 is 0 Å². The van der Waals surface area contributed by atoms with E-state index in [1.165, 1.54) is 0 Å². The van der Waals surface area contributed by atoms with Gasteiger partial charge < -0.3 is 0 Å². The van der Waals surface area contributed by atoms with Gasteiger partial charge in [0.1, 0.15) is 5.82 Å². The first-order valence-corrected chi connectivity index (χ1v) is 4.78. The molecule has 2 heteroatoms. The number of hydrogen-bond acceptors (Lipinski definition) is 0. The lowest BCUT2D eigenvalue weighted by Gasteiger charge is -2.05.